The average molecular weight is 309 g/mol. The molecule has 0 bridgehead atoms. The number of hydrogen-bond acceptors (Lipinski definition) is 3. The number of hydrogen-bond donors (Lipinski definition) is 1. The number of aromatic nitrogens is 2. The number of aryl methyl sites for hydroxylation is 1. The molecule has 1 aliphatic rings. The number of amides is 1. The summed E-state index contributed by atoms with van der Waals surface area (Å²) >= 11 is 0. The molecule has 0 radical (unpaired) electrons. The van der Waals surface area contributed by atoms with Gasteiger partial charge < -0.3 is 14.3 Å². The predicted octanol–water partition coefficient (Wildman–Crippen LogP) is 3.78. The minimum Gasteiger partial charge on any atom is -0.469 e. The van der Waals surface area contributed by atoms with Gasteiger partial charge in [0, 0.05) is 6.54 Å². The first-order chi connectivity index (χ1) is 10.9. The Morgan fingerprint density at radius 3 is 2.74 bits per heavy atom. The number of carbonyl (C=O) groups excluding carboxylic acids is 1. The number of imidazole rings is 1. The van der Waals surface area contributed by atoms with Crippen molar-refractivity contribution in [2.24, 2.45) is 0 Å². The number of anilines is 1. The fourth-order valence-corrected chi connectivity index (χ4v) is 3.35. The lowest BCUT2D eigenvalue weighted by Gasteiger charge is -2.18. The fraction of sp³-hybridized carbons (Fsp3) is 0.333. The molecule has 0 atom stereocenters. The monoisotopic (exact) mass is 309 g/mol. The zero-order valence-corrected chi connectivity index (χ0v) is 13.7. The van der Waals surface area contributed by atoms with Gasteiger partial charge >= 0.3 is 0 Å². The van der Waals surface area contributed by atoms with Gasteiger partial charge in [0.15, 0.2) is 0 Å². The van der Waals surface area contributed by atoms with Gasteiger partial charge in [-0.25, -0.2) is 4.98 Å². The van der Waals surface area contributed by atoms with Gasteiger partial charge in [0.25, 0.3) is 0 Å². The summed E-state index contributed by atoms with van der Waals surface area (Å²) < 4.78 is 5.36. The van der Waals surface area contributed by atoms with E-state index < -0.39 is 5.41 Å². The molecule has 0 unspecified atom stereocenters. The molecule has 23 heavy (non-hydrogen) atoms. The summed E-state index contributed by atoms with van der Waals surface area (Å²) in [5, 5.41) is 0. The Morgan fingerprint density at radius 1 is 1.30 bits per heavy atom. The number of aromatic amines is 1. The third-order valence-corrected chi connectivity index (χ3v) is 4.66. The van der Waals surface area contributed by atoms with Crippen molar-refractivity contribution in [1.29, 1.82) is 0 Å². The second-order valence-electron chi connectivity index (χ2n) is 6.59. The van der Waals surface area contributed by atoms with Gasteiger partial charge in [-0.15, -0.1) is 0 Å². The van der Waals surface area contributed by atoms with Crippen LogP contribution in [0.4, 0.5) is 5.69 Å². The van der Waals surface area contributed by atoms with E-state index in [2.05, 4.69) is 9.97 Å². The predicted molar refractivity (Wildman–Crippen MR) is 89.6 cm³/mol. The van der Waals surface area contributed by atoms with Crippen LogP contribution in [-0.4, -0.2) is 22.4 Å². The highest BCUT2D eigenvalue weighted by molar-refractivity contribution is 6.09. The number of fused-ring (bicyclic) bond motifs is 2. The molecule has 1 aromatic carbocycles. The Bertz CT molecular complexity index is 933. The normalized spacial score (nSPS) is 16.3. The van der Waals surface area contributed by atoms with E-state index in [9.17, 15) is 4.79 Å². The maximum Gasteiger partial charge on any atom is 0.237 e. The molecular formula is C18H19N3O2. The summed E-state index contributed by atoms with van der Waals surface area (Å²) in [7, 11) is 0. The van der Waals surface area contributed by atoms with Crippen LogP contribution in [0.1, 0.15) is 32.1 Å². The van der Waals surface area contributed by atoms with Gasteiger partial charge in [-0.3, -0.25) is 4.79 Å². The Labute approximate surface area is 134 Å². The Kier molecular flexibility index (Phi) is 2.73. The van der Waals surface area contributed by atoms with Gasteiger partial charge in [-0.05, 0) is 51.5 Å². The van der Waals surface area contributed by atoms with Crippen LogP contribution in [0.2, 0.25) is 0 Å². The van der Waals surface area contributed by atoms with Crippen molar-refractivity contribution in [3.8, 4) is 11.4 Å². The maximum atomic E-state index is 12.6. The SMILES string of the molecule is CCN1C(=O)C(C)(C)c2cc3nc(-c4coc(C)c4)[nH]c3cc21. The lowest BCUT2D eigenvalue weighted by Crippen LogP contribution is -2.35. The molecule has 118 valence electrons. The van der Waals surface area contributed by atoms with Crippen molar-refractivity contribution in [1.82, 2.24) is 9.97 Å². The second-order valence-corrected chi connectivity index (χ2v) is 6.59. The average Bonchev–Trinajstić information content (AvgIpc) is 3.15. The summed E-state index contributed by atoms with van der Waals surface area (Å²) in [4.78, 5) is 22.4. The molecule has 0 spiro atoms. The summed E-state index contributed by atoms with van der Waals surface area (Å²) in [5.74, 6) is 1.79. The third kappa shape index (κ3) is 1.86. The number of nitrogens with zero attached hydrogens (tertiary/aromatic N) is 2. The van der Waals surface area contributed by atoms with Crippen LogP contribution in [0, 0.1) is 6.92 Å². The van der Waals surface area contributed by atoms with E-state index in [1.54, 1.807) is 6.26 Å². The lowest BCUT2D eigenvalue weighted by atomic mass is 9.86. The third-order valence-electron chi connectivity index (χ3n) is 4.66. The van der Waals surface area contributed by atoms with Crippen molar-refractivity contribution in [2.75, 3.05) is 11.4 Å². The molecule has 3 aromatic rings. The van der Waals surface area contributed by atoms with Gasteiger partial charge in [-0.1, -0.05) is 0 Å². The molecule has 1 aliphatic heterocycles. The minimum atomic E-state index is -0.509. The molecule has 1 N–H and O–H groups in total. The maximum absolute atomic E-state index is 12.6. The van der Waals surface area contributed by atoms with Gasteiger partial charge in [-0.2, -0.15) is 0 Å². The fourth-order valence-electron chi connectivity index (χ4n) is 3.35. The smallest absolute Gasteiger partial charge is 0.237 e. The van der Waals surface area contributed by atoms with Crippen molar-refractivity contribution in [3.05, 3.63) is 35.8 Å². The molecule has 0 fully saturated rings. The van der Waals surface area contributed by atoms with Crippen LogP contribution in [0.25, 0.3) is 22.4 Å². The number of H-pyrrole nitrogens is 1. The molecule has 1 amide bonds. The highest BCUT2D eigenvalue weighted by Gasteiger charge is 2.43. The van der Waals surface area contributed by atoms with Crippen molar-refractivity contribution >= 4 is 22.6 Å². The largest absolute Gasteiger partial charge is 0.469 e. The van der Waals surface area contributed by atoms with Crippen molar-refractivity contribution in [2.45, 2.75) is 33.1 Å². The standard InChI is InChI=1S/C18H19N3O2/c1-5-21-15-8-14-13(7-12(15)18(3,4)17(21)22)19-16(20-14)11-6-10(2)23-9-11/h6-9H,5H2,1-4H3,(H,19,20). The number of nitrogens with one attached hydrogen (secondary N) is 1. The van der Waals surface area contributed by atoms with E-state index >= 15 is 0 Å². The number of carbonyl (C=O) groups is 1. The van der Waals surface area contributed by atoms with Crippen molar-refractivity contribution < 1.29 is 9.21 Å². The van der Waals surface area contributed by atoms with E-state index in [4.69, 9.17) is 4.42 Å². The molecule has 4 rings (SSSR count). The van der Waals surface area contributed by atoms with Crippen LogP contribution in [-0.2, 0) is 10.2 Å². The number of rotatable bonds is 2. The summed E-state index contributed by atoms with van der Waals surface area (Å²) in [5.41, 5.74) is 4.25. The summed E-state index contributed by atoms with van der Waals surface area (Å²) in [6, 6.07) is 6.02. The van der Waals surface area contributed by atoms with Crippen molar-refractivity contribution in [3.63, 3.8) is 0 Å². The van der Waals surface area contributed by atoms with E-state index in [1.807, 2.05) is 50.8 Å². The lowest BCUT2D eigenvalue weighted by molar-refractivity contribution is -0.122. The number of furan rings is 1. The van der Waals surface area contributed by atoms with Crippen LogP contribution >= 0.6 is 0 Å². The molecule has 2 aromatic heterocycles. The van der Waals surface area contributed by atoms with Gasteiger partial charge in [0.2, 0.25) is 5.91 Å². The summed E-state index contributed by atoms with van der Waals surface area (Å²) in [6.45, 7) is 8.53. The second kappa shape index (κ2) is 4.47. The molecular weight excluding hydrogens is 290 g/mol. The zero-order valence-electron chi connectivity index (χ0n) is 13.7. The topological polar surface area (TPSA) is 62.1 Å². The van der Waals surface area contributed by atoms with E-state index in [0.717, 1.165) is 39.4 Å². The molecule has 0 saturated carbocycles. The Hall–Kier alpha value is -2.56. The molecule has 3 heterocycles. The molecule has 5 heteroatoms. The zero-order chi connectivity index (χ0) is 16.4. The molecule has 0 aliphatic carbocycles. The van der Waals surface area contributed by atoms with E-state index in [0.29, 0.717) is 6.54 Å². The quantitative estimate of drug-likeness (QED) is 0.783. The first-order valence-corrected chi connectivity index (χ1v) is 7.83. The minimum absolute atomic E-state index is 0.147. The highest BCUT2D eigenvalue weighted by atomic mass is 16.3. The highest BCUT2D eigenvalue weighted by Crippen LogP contribution is 2.43. The first-order valence-electron chi connectivity index (χ1n) is 7.83. The van der Waals surface area contributed by atoms with Gasteiger partial charge in [0.1, 0.15) is 17.8 Å². The van der Waals surface area contributed by atoms with E-state index in [-0.39, 0.29) is 5.91 Å². The first kappa shape index (κ1) is 14.1. The molecule has 5 nitrogen and oxygen atoms in total. The Morgan fingerprint density at radius 2 is 2.09 bits per heavy atom. The van der Waals surface area contributed by atoms with E-state index in [1.165, 1.54) is 0 Å². The van der Waals surface area contributed by atoms with Crippen LogP contribution in [0.5, 0.6) is 0 Å². The Balaban J connectivity index is 1.91. The summed E-state index contributed by atoms with van der Waals surface area (Å²) in [6.07, 6.45) is 1.70. The van der Waals surface area contributed by atoms with Crippen LogP contribution in [0.15, 0.2) is 28.9 Å². The number of benzene rings is 1. The van der Waals surface area contributed by atoms with Crippen LogP contribution < -0.4 is 4.90 Å². The van der Waals surface area contributed by atoms with Gasteiger partial charge in [0.05, 0.1) is 27.7 Å². The van der Waals surface area contributed by atoms with Crippen LogP contribution in [0.3, 0.4) is 0 Å². The number of likely N-dealkylation sites (N-methyl/N-ethyl adjacent to an activating group) is 1. The molecule has 0 saturated heterocycles.